The molecular formula is C16H19N3O. The molecule has 1 aromatic carbocycles. The van der Waals surface area contributed by atoms with Gasteiger partial charge in [0, 0.05) is 12.7 Å². The maximum atomic E-state index is 11.6. The van der Waals surface area contributed by atoms with E-state index in [1.54, 1.807) is 6.20 Å². The number of pyridine rings is 1. The molecule has 0 atom stereocenters. The highest BCUT2D eigenvalue weighted by molar-refractivity contribution is 5.73. The van der Waals surface area contributed by atoms with Crippen molar-refractivity contribution in [3.8, 4) is 0 Å². The van der Waals surface area contributed by atoms with Crippen LogP contribution >= 0.6 is 0 Å². The molecule has 0 bridgehead atoms. The minimum Gasteiger partial charge on any atom is -0.338 e. The lowest BCUT2D eigenvalue weighted by atomic mass is 10.1. The number of urea groups is 1. The molecular weight excluding hydrogens is 250 g/mol. The van der Waals surface area contributed by atoms with Crippen molar-refractivity contribution in [3.05, 3.63) is 65.5 Å². The zero-order valence-electron chi connectivity index (χ0n) is 11.6. The van der Waals surface area contributed by atoms with Crippen molar-refractivity contribution >= 4 is 6.03 Å². The first-order valence-corrected chi connectivity index (χ1v) is 6.71. The monoisotopic (exact) mass is 269 g/mol. The quantitative estimate of drug-likeness (QED) is 0.876. The number of benzene rings is 1. The highest BCUT2D eigenvalue weighted by Crippen LogP contribution is 2.03. The lowest BCUT2D eigenvalue weighted by Crippen LogP contribution is -2.36. The Kier molecular flexibility index (Phi) is 5.12. The van der Waals surface area contributed by atoms with Crippen LogP contribution in [0.1, 0.15) is 16.8 Å². The van der Waals surface area contributed by atoms with Crippen LogP contribution in [0.2, 0.25) is 0 Å². The van der Waals surface area contributed by atoms with Crippen LogP contribution < -0.4 is 10.6 Å². The third-order valence-corrected chi connectivity index (χ3v) is 2.98. The molecule has 104 valence electrons. The fraction of sp³-hybridized carbons (Fsp3) is 0.250. The Labute approximate surface area is 119 Å². The van der Waals surface area contributed by atoms with Gasteiger partial charge in [-0.15, -0.1) is 0 Å². The third kappa shape index (κ3) is 4.72. The van der Waals surface area contributed by atoms with E-state index in [-0.39, 0.29) is 6.03 Å². The van der Waals surface area contributed by atoms with E-state index in [0.29, 0.717) is 13.1 Å². The molecule has 20 heavy (non-hydrogen) atoms. The molecule has 2 amide bonds. The second-order valence-electron chi connectivity index (χ2n) is 4.67. The topological polar surface area (TPSA) is 54.0 Å². The fourth-order valence-electron chi connectivity index (χ4n) is 1.81. The van der Waals surface area contributed by atoms with E-state index in [0.717, 1.165) is 12.1 Å². The Bertz CT molecular complexity index is 537. The predicted octanol–water partition coefficient (Wildman–Crippen LogP) is 2.43. The Balaban J connectivity index is 1.66. The molecule has 1 aromatic heterocycles. The van der Waals surface area contributed by atoms with Crippen LogP contribution in [-0.2, 0) is 13.0 Å². The summed E-state index contributed by atoms with van der Waals surface area (Å²) in [6.45, 7) is 3.13. The number of amides is 2. The second-order valence-corrected chi connectivity index (χ2v) is 4.67. The van der Waals surface area contributed by atoms with Crippen molar-refractivity contribution in [2.24, 2.45) is 0 Å². The summed E-state index contributed by atoms with van der Waals surface area (Å²) in [4.78, 5) is 15.8. The number of nitrogens with zero attached hydrogens (tertiary/aromatic N) is 1. The van der Waals surface area contributed by atoms with Crippen molar-refractivity contribution in [2.45, 2.75) is 19.9 Å². The van der Waals surface area contributed by atoms with Gasteiger partial charge in [-0.3, -0.25) is 4.98 Å². The van der Waals surface area contributed by atoms with Gasteiger partial charge in [-0.2, -0.15) is 0 Å². The Hall–Kier alpha value is -2.36. The highest BCUT2D eigenvalue weighted by atomic mass is 16.2. The van der Waals surface area contributed by atoms with Gasteiger partial charge < -0.3 is 10.6 Å². The molecule has 4 nitrogen and oxygen atoms in total. The Morgan fingerprint density at radius 3 is 2.60 bits per heavy atom. The molecule has 0 saturated carbocycles. The van der Waals surface area contributed by atoms with Gasteiger partial charge in [0.1, 0.15) is 0 Å². The van der Waals surface area contributed by atoms with E-state index in [1.807, 2.05) is 18.2 Å². The van der Waals surface area contributed by atoms with Crippen LogP contribution in [0.4, 0.5) is 4.79 Å². The lowest BCUT2D eigenvalue weighted by Gasteiger charge is -2.07. The van der Waals surface area contributed by atoms with Gasteiger partial charge in [-0.1, -0.05) is 35.9 Å². The third-order valence-electron chi connectivity index (χ3n) is 2.98. The number of hydrogen-bond donors (Lipinski definition) is 2. The van der Waals surface area contributed by atoms with E-state index in [9.17, 15) is 4.79 Å². The van der Waals surface area contributed by atoms with Gasteiger partial charge in [0.05, 0.1) is 12.2 Å². The van der Waals surface area contributed by atoms with Crippen LogP contribution in [-0.4, -0.2) is 17.6 Å². The molecule has 1 heterocycles. The van der Waals surface area contributed by atoms with Gasteiger partial charge in [0.15, 0.2) is 0 Å². The van der Waals surface area contributed by atoms with E-state index in [2.05, 4.69) is 46.8 Å². The minimum absolute atomic E-state index is 0.164. The molecule has 0 spiro atoms. The van der Waals surface area contributed by atoms with Crippen LogP contribution in [0.3, 0.4) is 0 Å². The standard InChI is InChI=1S/C16H19N3O/c1-13-5-7-14(8-6-13)9-11-18-16(20)19-12-15-4-2-3-10-17-15/h2-8,10H,9,11-12H2,1H3,(H2,18,19,20). The summed E-state index contributed by atoms with van der Waals surface area (Å²) in [5.41, 5.74) is 3.32. The maximum Gasteiger partial charge on any atom is 0.315 e. The molecule has 2 rings (SSSR count). The average molecular weight is 269 g/mol. The van der Waals surface area contributed by atoms with Gasteiger partial charge in [0.2, 0.25) is 0 Å². The van der Waals surface area contributed by atoms with E-state index >= 15 is 0 Å². The smallest absolute Gasteiger partial charge is 0.315 e. The van der Waals surface area contributed by atoms with Crippen LogP contribution in [0.5, 0.6) is 0 Å². The minimum atomic E-state index is -0.164. The summed E-state index contributed by atoms with van der Waals surface area (Å²) < 4.78 is 0. The van der Waals surface area contributed by atoms with Crippen molar-refractivity contribution in [2.75, 3.05) is 6.54 Å². The summed E-state index contributed by atoms with van der Waals surface area (Å²) >= 11 is 0. The summed E-state index contributed by atoms with van der Waals surface area (Å²) in [5.74, 6) is 0. The fourth-order valence-corrected chi connectivity index (χ4v) is 1.81. The zero-order chi connectivity index (χ0) is 14.2. The summed E-state index contributed by atoms with van der Waals surface area (Å²) in [5, 5.41) is 5.62. The molecule has 0 aliphatic heterocycles. The van der Waals surface area contributed by atoms with Gasteiger partial charge in [-0.25, -0.2) is 4.79 Å². The summed E-state index contributed by atoms with van der Waals surface area (Å²) in [7, 11) is 0. The van der Waals surface area contributed by atoms with E-state index in [1.165, 1.54) is 11.1 Å². The largest absolute Gasteiger partial charge is 0.338 e. The van der Waals surface area contributed by atoms with Gasteiger partial charge in [-0.05, 0) is 31.0 Å². The van der Waals surface area contributed by atoms with Gasteiger partial charge in [0.25, 0.3) is 0 Å². The molecule has 0 aliphatic carbocycles. The Morgan fingerprint density at radius 2 is 1.90 bits per heavy atom. The number of aromatic nitrogens is 1. The van der Waals surface area contributed by atoms with Crippen LogP contribution in [0.25, 0.3) is 0 Å². The van der Waals surface area contributed by atoms with Crippen LogP contribution in [0.15, 0.2) is 48.7 Å². The second kappa shape index (κ2) is 7.28. The molecule has 0 saturated heterocycles. The van der Waals surface area contributed by atoms with Crippen molar-refractivity contribution in [3.63, 3.8) is 0 Å². The number of carbonyl (C=O) groups is 1. The van der Waals surface area contributed by atoms with E-state index in [4.69, 9.17) is 0 Å². The number of carbonyl (C=O) groups excluding carboxylic acids is 1. The SMILES string of the molecule is Cc1ccc(CCNC(=O)NCc2ccccn2)cc1. The first kappa shape index (κ1) is 14.1. The zero-order valence-corrected chi connectivity index (χ0v) is 11.6. The molecule has 0 unspecified atom stereocenters. The highest BCUT2D eigenvalue weighted by Gasteiger charge is 2.00. The first-order valence-electron chi connectivity index (χ1n) is 6.71. The van der Waals surface area contributed by atoms with Crippen molar-refractivity contribution in [1.82, 2.24) is 15.6 Å². The number of nitrogens with one attached hydrogen (secondary N) is 2. The molecule has 2 N–H and O–H groups in total. The number of aryl methyl sites for hydroxylation is 1. The number of hydrogen-bond acceptors (Lipinski definition) is 2. The molecule has 2 aromatic rings. The summed E-state index contributed by atoms with van der Waals surface area (Å²) in [6.07, 6.45) is 2.55. The lowest BCUT2D eigenvalue weighted by molar-refractivity contribution is 0.240. The van der Waals surface area contributed by atoms with Gasteiger partial charge >= 0.3 is 6.03 Å². The van der Waals surface area contributed by atoms with Crippen molar-refractivity contribution in [1.29, 1.82) is 0 Å². The molecule has 0 fully saturated rings. The summed E-state index contributed by atoms with van der Waals surface area (Å²) in [6, 6.07) is 13.8. The normalized spacial score (nSPS) is 10.1. The van der Waals surface area contributed by atoms with Crippen LogP contribution in [0, 0.1) is 6.92 Å². The first-order chi connectivity index (χ1) is 9.74. The van der Waals surface area contributed by atoms with E-state index < -0.39 is 0 Å². The molecule has 0 radical (unpaired) electrons. The average Bonchev–Trinajstić information content (AvgIpc) is 2.48. The predicted molar refractivity (Wildman–Crippen MR) is 79.4 cm³/mol. The number of rotatable bonds is 5. The molecule has 0 aliphatic rings. The Morgan fingerprint density at radius 1 is 1.10 bits per heavy atom. The maximum absolute atomic E-state index is 11.6. The van der Waals surface area contributed by atoms with Crippen molar-refractivity contribution < 1.29 is 4.79 Å². The molecule has 4 heteroatoms.